The molecule has 4 rings (SSSR count). The maximum absolute atomic E-state index is 14.4. The molecule has 1 aliphatic rings. The van der Waals surface area contributed by atoms with E-state index < -0.39 is 11.6 Å². The number of ether oxygens (including phenoxy) is 3. The van der Waals surface area contributed by atoms with Gasteiger partial charge in [0.1, 0.15) is 11.6 Å². The third-order valence-corrected chi connectivity index (χ3v) is 6.96. The zero-order chi connectivity index (χ0) is 22.7. The number of methoxy groups -OCH3 is 3. The standard InChI is InChI=1S/C25H25F2NO3S/c1-29-21-12-17(13-22(30-2)25(21)31-3)23-10-11-28(20-6-4-5-7-24(20)32-23)15-16-8-9-18(26)14-19(16)27/h4-9,12-14,23H,10-11,15H2,1-3H3/t23-/m1/s1. The first-order valence-electron chi connectivity index (χ1n) is 10.3. The fourth-order valence-corrected chi connectivity index (χ4v) is 5.24. The molecule has 0 aromatic heterocycles. The van der Waals surface area contributed by atoms with E-state index in [1.165, 1.54) is 12.1 Å². The van der Waals surface area contributed by atoms with Gasteiger partial charge in [-0.15, -0.1) is 11.8 Å². The van der Waals surface area contributed by atoms with Gasteiger partial charge in [-0.2, -0.15) is 0 Å². The molecule has 0 saturated carbocycles. The largest absolute Gasteiger partial charge is 0.493 e. The summed E-state index contributed by atoms with van der Waals surface area (Å²) in [5.74, 6) is 0.697. The summed E-state index contributed by atoms with van der Waals surface area (Å²) in [7, 11) is 4.80. The minimum absolute atomic E-state index is 0.132. The summed E-state index contributed by atoms with van der Waals surface area (Å²) in [5.41, 5.74) is 2.57. The molecule has 0 N–H and O–H groups in total. The lowest BCUT2D eigenvalue weighted by Crippen LogP contribution is -2.24. The number of hydrogen-bond donors (Lipinski definition) is 0. The van der Waals surface area contributed by atoms with Crippen molar-refractivity contribution in [3.8, 4) is 17.2 Å². The van der Waals surface area contributed by atoms with Crippen LogP contribution in [-0.2, 0) is 6.54 Å². The second kappa shape index (κ2) is 9.69. The first-order chi connectivity index (χ1) is 15.5. The van der Waals surface area contributed by atoms with Gasteiger partial charge in [-0.3, -0.25) is 0 Å². The van der Waals surface area contributed by atoms with Crippen molar-refractivity contribution in [3.05, 3.63) is 77.4 Å². The Hall–Kier alpha value is -2.93. The molecule has 7 heteroatoms. The molecule has 4 nitrogen and oxygen atoms in total. The SMILES string of the molecule is COc1cc([C@H]2CCN(Cc3ccc(F)cc3F)c3ccccc3S2)cc(OC)c1OC. The lowest BCUT2D eigenvalue weighted by molar-refractivity contribution is 0.323. The number of rotatable bonds is 6. The van der Waals surface area contributed by atoms with Crippen LogP contribution in [-0.4, -0.2) is 27.9 Å². The van der Waals surface area contributed by atoms with Crippen LogP contribution in [0.5, 0.6) is 17.2 Å². The van der Waals surface area contributed by atoms with Crippen LogP contribution in [0.25, 0.3) is 0 Å². The Morgan fingerprint density at radius 3 is 2.31 bits per heavy atom. The van der Waals surface area contributed by atoms with Crippen molar-refractivity contribution in [2.24, 2.45) is 0 Å². The zero-order valence-electron chi connectivity index (χ0n) is 18.2. The quantitative estimate of drug-likeness (QED) is 0.438. The van der Waals surface area contributed by atoms with E-state index >= 15 is 0 Å². The van der Waals surface area contributed by atoms with E-state index in [-0.39, 0.29) is 5.25 Å². The molecule has 0 amide bonds. The van der Waals surface area contributed by atoms with Crippen molar-refractivity contribution in [1.29, 1.82) is 0 Å². The van der Waals surface area contributed by atoms with Crippen LogP contribution in [0.2, 0.25) is 0 Å². The van der Waals surface area contributed by atoms with E-state index in [4.69, 9.17) is 14.2 Å². The molecule has 168 valence electrons. The molecule has 1 aliphatic heterocycles. The highest BCUT2D eigenvalue weighted by atomic mass is 32.2. The Bertz CT molecular complexity index is 1080. The van der Waals surface area contributed by atoms with Crippen LogP contribution in [0, 0.1) is 11.6 Å². The Labute approximate surface area is 191 Å². The number of halogens is 2. The monoisotopic (exact) mass is 457 g/mol. The molecule has 0 fully saturated rings. The van der Waals surface area contributed by atoms with Gasteiger partial charge >= 0.3 is 0 Å². The van der Waals surface area contributed by atoms with Gasteiger partial charge in [-0.05, 0) is 42.3 Å². The topological polar surface area (TPSA) is 30.9 Å². The fraction of sp³-hybridized carbons (Fsp3) is 0.280. The van der Waals surface area contributed by atoms with Crippen molar-refractivity contribution in [3.63, 3.8) is 0 Å². The van der Waals surface area contributed by atoms with Gasteiger partial charge in [0, 0.05) is 34.9 Å². The van der Waals surface area contributed by atoms with Crippen molar-refractivity contribution in [2.45, 2.75) is 23.1 Å². The van der Waals surface area contributed by atoms with Crippen molar-refractivity contribution >= 4 is 17.4 Å². The third kappa shape index (κ3) is 4.48. The van der Waals surface area contributed by atoms with Crippen molar-refractivity contribution in [1.82, 2.24) is 0 Å². The molecule has 0 saturated heterocycles. The van der Waals surface area contributed by atoms with E-state index in [0.717, 1.165) is 28.6 Å². The van der Waals surface area contributed by atoms with E-state index in [1.807, 2.05) is 30.3 Å². The van der Waals surface area contributed by atoms with Crippen LogP contribution >= 0.6 is 11.8 Å². The number of hydrogen-bond acceptors (Lipinski definition) is 5. The molecule has 32 heavy (non-hydrogen) atoms. The van der Waals surface area contributed by atoms with Crippen molar-refractivity contribution < 1.29 is 23.0 Å². The summed E-state index contributed by atoms with van der Waals surface area (Å²) in [4.78, 5) is 3.25. The minimum atomic E-state index is -0.569. The van der Waals surface area contributed by atoms with E-state index in [9.17, 15) is 8.78 Å². The summed E-state index contributed by atoms with van der Waals surface area (Å²) < 4.78 is 44.2. The summed E-state index contributed by atoms with van der Waals surface area (Å²) in [6.45, 7) is 1.08. The molecule has 1 heterocycles. The normalized spacial score (nSPS) is 15.7. The molecular weight excluding hydrogens is 432 g/mol. The molecular formula is C25H25F2NO3S. The molecule has 0 unspecified atom stereocenters. The first kappa shape index (κ1) is 22.3. The van der Waals surface area contributed by atoms with Crippen LogP contribution in [0.3, 0.4) is 0 Å². The Kier molecular flexibility index (Phi) is 6.74. The molecule has 0 radical (unpaired) electrons. The number of benzene rings is 3. The highest BCUT2D eigenvalue weighted by Gasteiger charge is 2.26. The summed E-state index contributed by atoms with van der Waals surface area (Å²) in [6.07, 6.45) is 0.820. The molecule has 1 atom stereocenters. The molecule has 3 aromatic carbocycles. The van der Waals surface area contributed by atoms with Gasteiger partial charge in [-0.25, -0.2) is 8.78 Å². The maximum atomic E-state index is 14.4. The van der Waals surface area contributed by atoms with Crippen LogP contribution in [0.4, 0.5) is 14.5 Å². The number of fused-ring (bicyclic) bond motifs is 1. The van der Waals surface area contributed by atoms with Gasteiger partial charge in [0.25, 0.3) is 0 Å². The van der Waals surface area contributed by atoms with Gasteiger partial charge in [-0.1, -0.05) is 18.2 Å². The summed E-state index contributed by atoms with van der Waals surface area (Å²) in [5, 5.41) is 0.132. The number of anilines is 1. The lowest BCUT2D eigenvalue weighted by atomic mass is 10.1. The Morgan fingerprint density at radius 1 is 0.938 bits per heavy atom. The first-order valence-corrected chi connectivity index (χ1v) is 11.2. The number of thioether (sulfide) groups is 1. The second-order valence-corrected chi connectivity index (χ2v) is 8.72. The third-order valence-electron chi connectivity index (χ3n) is 5.57. The van der Waals surface area contributed by atoms with E-state index in [0.29, 0.717) is 35.9 Å². The van der Waals surface area contributed by atoms with E-state index in [2.05, 4.69) is 11.0 Å². The van der Waals surface area contributed by atoms with Gasteiger partial charge < -0.3 is 19.1 Å². The van der Waals surface area contributed by atoms with Crippen LogP contribution in [0.1, 0.15) is 22.8 Å². The van der Waals surface area contributed by atoms with Crippen LogP contribution < -0.4 is 19.1 Å². The predicted octanol–water partition coefficient (Wildman–Crippen LogP) is 6.23. The average Bonchev–Trinajstić information content (AvgIpc) is 2.99. The smallest absolute Gasteiger partial charge is 0.203 e. The highest BCUT2D eigenvalue weighted by molar-refractivity contribution is 7.99. The van der Waals surface area contributed by atoms with Crippen molar-refractivity contribution in [2.75, 3.05) is 32.8 Å². The fourth-order valence-electron chi connectivity index (χ4n) is 3.97. The number of para-hydroxylation sites is 1. The lowest BCUT2D eigenvalue weighted by Gasteiger charge is -2.25. The summed E-state index contributed by atoms with van der Waals surface area (Å²) in [6, 6.07) is 15.8. The molecule has 0 spiro atoms. The Morgan fingerprint density at radius 2 is 1.66 bits per heavy atom. The highest BCUT2D eigenvalue weighted by Crippen LogP contribution is 2.48. The molecule has 0 aliphatic carbocycles. The second-order valence-electron chi connectivity index (χ2n) is 7.48. The van der Waals surface area contributed by atoms with Crippen LogP contribution in [0.15, 0.2) is 59.5 Å². The van der Waals surface area contributed by atoms with E-state index in [1.54, 1.807) is 33.1 Å². The summed E-state index contributed by atoms with van der Waals surface area (Å²) >= 11 is 1.76. The zero-order valence-corrected chi connectivity index (χ0v) is 19.0. The Balaban J connectivity index is 1.67. The average molecular weight is 458 g/mol. The molecule has 3 aromatic rings. The van der Waals surface area contributed by atoms with Gasteiger partial charge in [0.15, 0.2) is 11.5 Å². The number of nitrogens with zero attached hydrogens (tertiary/aromatic N) is 1. The molecule has 0 bridgehead atoms. The maximum Gasteiger partial charge on any atom is 0.203 e. The van der Waals surface area contributed by atoms with Gasteiger partial charge in [0.2, 0.25) is 5.75 Å². The predicted molar refractivity (Wildman–Crippen MR) is 123 cm³/mol. The van der Waals surface area contributed by atoms with Gasteiger partial charge in [0.05, 0.1) is 27.0 Å². The minimum Gasteiger partial charge on any atom is -0.493 e.